The number of nitrogens with zero attached hydrogens (tertiary/aromatic N) is 2. The van der Waals surface area contributed by atoms with Crippen LogP contribution >= 0.6 is 0 Å². The van der Waals surface area contributed by atoms with Crippen molar-refractivity contribution in [1.82, 2.24) is 9.97 Å². The molecule has 0 aliphatic heterocycles. The Hall–Kier alpha value is -6.87. The quantitative estimate of drug-likeness (QED) is 0.156. The van der Waals surface area contributed by atoms with E-state index in [1.54, 1.807) is 0 Å². The van der Waals surface area contributed by atoms with Crippen LogP contribution in [0.3, 0.4) is 0 Å². The van der Waals surface area contributed by atoms with Gasteiger partial charge in [-0.25, -0.2) is 0 Å². The van der Waals surface area contributed by atoms with Gasteiger partial charge in [-0.15, -0.1) is 46.5 Å². The predicted molar refractivity (Wildman–Crippen MR) is 227 cm³/mol. The molecule has 4 nitrogen and oxygen atoms in total. The third-order valence-corrected chi connectivity index (χ3v) is 10.6. The molecule has 0 aliphatic rings. The molecule has 0 bridgehead atoms. The standard InChI is InChI=1S/C52H30N2O2.Pt/c1-2-16-36(34-30-44(52-46(32-34)42-22-8-10-26-50(42)56-52)38-18-4-6-20-40(38)48-24-12-14-28-54-48)35(15-1)33-29-43(51-45(31-33)41-21-7-9-25-49(41)55-51)37-17-3-5-19-39(37)47-23-11-13-27-53-47;/h1-28,31-32H;/q-2;+2. The molecule has 0 saturated carbocycles. The zero-order valence-corrected chi connectivity index (χ0v) is 32.6. The van der Waals surface area contributed by atoms with E-state index in [4.69, 9.17) is 18.8 Å². The molecule has 0 unspecified atom stereocenters. The first kappa shape index (κ1) is 34.6. The maximum absolute atomic E-state index is 6.65. The Kier molecular flexibility index (Phi) is 8.70. The maximum atomic E-state index is 6.65. The molecule has 0 radical (unpaired) electrons. The number of hydrogen-bond acceptors (Lipinski definition) is 4. The van der Waals surface area contributed by atoms with E-state index >= 15 is 0 Å². The number of benzene rings is 7. The summed E-state index contributed by atoms with van der Waals surface area (Å²) in [4.78, 5) is 9.47. The van der Waals surface area contributed by atoms with Crippen LogP contribution < -0.4 is 0 Å². The topological polar surface area (TPSA) is 52.1 Å². The number of fused-ring (bicyclic) bond motifs is 6. The van der Waals surface area contributed by atoms with Gasteiger partial charge in [0.15, 0.2) is 0 Å². The van der Waals surface area contributed by atoms with Crippen molar-refractivity contribution in [2.24, 2.45) is 0 Å². The van der Waals surface area contributed by atoms with Gasteiger partial charge in [-0.05, 0) is 58.3 Å². The second-order valence-corrected chi connectivity index (χ2v) is 13.9. The van der Waals surface area contributed by atoms with Gasteiger partial charge in [0.05, 0.1) is 22.6 Å². The molecular formula is C52H30N2O2Pt. The largest absolute Gasteiger partial charge is 2.00 e. The van der Waals surface area contributed by atoms with Crippen molar-refractivity contribution >= 4 is 43.9 Å². The molecule has 0 atom stereocenters. The van der Waals surface area contributed by atoms with Gasteiger partial charge >= 0.3 is 21.1 Å². The summed E-state index contributed by atoms with van der Waals surface area (Å²) in [6, 6.07) is 65.9. The predicted octanol–water partition coefficient (Wildman–Crippen LogP) is 13.9. The average Bonchev–Trinajstić information content (AvgIpc) is 3.85. The second kappa shape index (κ2) is 14.3. The van der Waals surface area contributed by atoms with Crippen molar-refractivity contribution in [2.45, 2.75) is 0 Å². The van der Waals surface area contributed by atoms with Gasteiger partial charge in [0.25, 0.3) is 0 Å². The Morgan fingerprint density at radius 1 is 0.351 bits per heavy atom. The summed E-state index contributed by atoms with van der Waals surface area (Å²) in [5.41, 5.74) is 14.8. The van der Waals surface area contributed by atoms with E-state index < -0.39 is 0 Å². The molecule has 5 heteroatoms. The third kappa shape index (κ3) is 5.89. The molecule has 0 spiro atoms. The van der Waals surface area contributed by atoms with E-state index in [1.807, 2.05) is 73.1 Å². The zero-order chi connectivity index (χ0) is 37.0. The fraction of sp³-hybridized carbons (Fsp3) is 0. The van der Waals surface area contributed by atoms with Crippen molar-refractivity contribution in [3.8, 4) is 67.0 Å². The van der Waals surface area contributed by atoms with E-state index in [0.717, 1.165) is 111 Å². The number of furan rings is 2. The van der Waals surface area contributed by atoms with E-state index in [0.29, 0.717) is 0 Å². The van der Waals surface area contributed by atoms with Crippen molar-refractivity contribution < 1.29 is 29.9 Å². The van der Waals surface area contributed by atoms with Gasteiger partial charge < -0.3 is 8.83 Å². The fourth-order valence-corrected chi connectivity index (χ4v) is 8.05. The molecule has 11 rings (SSSR count). The van der Waals surface area contributed by atoms with Crippen molar-refractivity contribution in [2.75, 3.05) is 0 Å². The molecule has 0 amide bonds. The summed E-state index contributed by atoms with van der Waals surface area (Å²) in [7, 11) is 0. The molecule has 7 aromatic carbocycles. The molecule has 0 fully saturated rings. The summed E-state index contributed by atoms with van der Waals surface area (Å²) >= 11 is 0. The summed E-state index contributed by atoms with van der Waals surface area (Å²) in [5, 5.41) is 4.16. The van der Waals surface area contributed by atoms with Gasteiger partial charge in [-0.3, -0.25) is 9.97 Å². The summed E-state index contributed by atoms with van der Waals surface area (Å²) in [6.07, 6.45) is 3.66. The first-order chi connectivity index (χ1) is 27.8. The average molecular weight is 910 g/mol. The molecule has 4 heterocycles. The first-order valence-electron chi connectivity index (χ1n) is 18.6. The van der Waals surface area contributed by atoms with Crippen LogP contribution in [-0.4, -0.2) is 9.97 Å². The Labute approximate surface area is 343 Å². The minimum Gasteiger partial charge on any atom is -0.491 e. The first-order valence-corrected chi connectivity index (χ1v) is 18.6. The second-order valence-electron chi connectivity index (χ2n) is 13.9. The number of pyridine rings is 2. The van der Waals surface area contributed by atoms with E-state index in [9.17, 15) is 0 Å². The van der Waals surface area contributed by atoms with Crippen LogP contribution in [0.15, 0.2) is 191 Å². The van der Waals surface area contributed by atoms with Crippen LogP contribution in [0, 0.1) is 12.1 Å². The Balaban J connectivity index is 0.00000396. The van der Waals surface area contributed by atoms with Crippen LogP contribution in [0.5, 0.6) is 0 Å². The van der Waals surface area contributed by atoms with E-state index in [2.05, 4.69) is 121 Å². The van der Waals surface area contributed by atoms with E-state index in [1.165, 1.54) is 0 Å². The van der Waals surface area contributed by atoms with E-state index in [-0.39, 0.29) is 21.1 Å². The molecule has 0 N–H and O–H groups in total. The minimum atomic E-state index is 0. The molecule has 11 aromatic rings. The zero-order valence-electron chi connectivity index (χ0n) is 30.3. The van der Waals surface area contributed by atoms with Crippen molar-refractivity contribution in [3.05, 3.63) is 194 Å². The van der Waals surface area contributed by atoms with Crippen LogP contribution in [0.2, 0.25) is 0 Å². The van der Waals surface area contributed by atoms with Gasteiger partial charge in [0, 0.05) is 23.2 Å². The van der Waals surface area contributed by atoms with Gasteiger partial charge in [0.1, 0.15) is 11.2 Å². The minimum absolute atomic E-state index is 0. The molecule has 57 heavy (non-hydrogen) atoms. The van der Waals surface area contributed by atoms with Crippen molar-refractivity contribution in [3.63, 3.8) is 0 Å². The summed E-state index contributed by atoms with van der Waals surface area (Å²) in [5.74, 6) is 0. The Morgan fingerprint density at radius 2 is 0.719 bits per heavy atom. The smallest absolute Gasteiger partial charge is 0.491 e. The molecule has 270 valence electrons. The van der Waals surface area contributed by atoms with Crippen molar-refractivity contribution in [1.29, 1.82) is 0 Å². The third-order valence-electron chi connectivity index (χ3n) is 10.6. The van der Waals surface area contributed by atoms with Gasteiger partial charge in [-0.1, -0.05) is 144 Å². The molecule has 0 saturated heterocycles. The summed E-state index contributed by atoms with van der Waals surface area (Å²) < 4.78 is 13.3. The molecule has 0 aliphatic carbocycles. The maximum Gasteiger partial charge on any atom is 2.00 e. The fourth-order valence-electron chi connectivity index (χ4n) is 8.05. The normalized spacial score (nSPS) is 11.4. The molecule has 4 aromatic heterocycles. The SMILES string of the molecule is [Pt+2].[c-]1c(-c2ccccc2-c2[c-]c(-c3ccccc3-c3ccccn3)c3oc4ccccc4c3c2)cc2c(oc3ccccc32)c1-c1ccccc1-c1ccccn1. The number of aromatic nitrogens is 2. The Bertz CT molecular complexity index is 3040. The van der Waals surface area contributed by atoms with Crippen LogP contribution in [0.25, 0.3) is 111 Å². The number of para-hydroxylation sites is 2. The number of hydrogen-bond donors (Lipinski definition) is 0. The summed E-state index contributed by atoms with van der Waals surface area (Å²) in [6.45, 7) is 0. The monoisotopic (exact) mass is 909 g/mol. The number of rotatable bonds is 6. The van der Waals surface area contributed by atoms with Gasteiger partial charge in [0.2, 0.25) is 0 Å². The Morgan fingerprint density at radius 3 is 1.14 bits per heavy atom. The van der Waals surface area contributed by atoms with Crippen LogP contribution in [-0.2, 0) is 21.1 Å². The van der Waals surface area contributed by atoms with Crippen LogP contribution in [0.4, 0.5) is 0 Å². The van der Waals surface area contributed by atoms with Gasteiger partial charge in [-0.2, -0.15) is 0 Å². The molecular weight excluding hydrogens is 880 g/mol. The van der Waals surface area contributed by atoms with Crippen LogP contribution in [0.1, 0.15) is 0 Å².